The standard InChI is InChI=1S/C6H4N2O4.2H4N2.H2O/c9-5(10)3-4(6(11)12)8-2-1-7-3;2*1-2;/h1-2H,(H,9,10)(H,11,12);2*1-2H2;1H2. The molecule has 0 unspecified atom stereocenters. The van der Waals surface area contributed by atoms with E-state index in [0.29, 0.717) is 0 Å². The zero-order valence-electron chi connectivity index (χ0n) is 8.75. The fourth-order valence-corrected chi connectivity index (χ4v) is 0.637. The Labute approximate surface area is 95.3 Å². The fourth-order valence-electron chi connectivity index (χ4n) is 0.637. The summed E-state index contributed by atoms with van der Waals surface area (Å²) >= 11 is 0. The Morgan fingerprint density at radius 1 is 0.941 bits per heavy atom. The maximum atomic E-state index is 10.2. The Kier molecular flexibility index (Phi) is 14.2. The quantitative estimate of drug-likeness (QED) is 0.289. The molecule has 1 aromatic rings. The lowest BCUT2D eigenvalue weighted by Crippen LogP contribution is -2.59. The van der Waals surface area contributed by atoms with Crippen LogP contribution in [-0.2, 0) is 0 Å². The van der Waals surface area contributed by atoms with Gasteiger partial charge < -0.3 is 25.3 Å². The third-order valence-corrected chi connectivity index (χ3v) is 1.08. The van der Waals surface area contributed by atoms with Crippen LogP contribution >= 0.6 is 0 Å². The van der Waals surface area contributed by atoms with Crippen LogP contribution in [0.1, 0.15) is 21.0 Å². The summed E-state index contributed by atoms with van der Waals surface area (Å²) in [4.78, 5) is 27.0. The molecular weight excluding hydrogens is 236 g/mol. The lowest BCUT2D eigenvalue weighted by molar-refractivity contribution is -0.379. The molecule has 12 N–H and O–H groups in total. The monoisotopic (exact) mass is 250 g/mol. The molecule has 0 aliphatic heterocycles. The van der Waals surface area contributed by atoms with Crippen molar-refractivity contribution >= 4 is 11.9 Å². The molecule has 98 valence electrons. The summed E-state index contributed by atoms with van der Waals surface area (Å²) in [5, 5.41) is 20.4. The van der Waals surface area contributed by atoms with Gasteiger partial charge in [-0.2, -0.15) is 11.7 Å². The van der Waals surface area contributed by atoms with E-state index in [1.165, 1.54) is 0 Å². The first-order chi connectivity index (χ1) is 7.63. The number of carbonyl (C=O) groups is 2. The number of carboxylic acids is 2. The highest BCUT2D eigenvalue weighted by molar-refractivity contribution is 5.96. The molecule has 0 aliphatic rings. The van der Waals surface area contributed by atoms with Crippen molar-refractivity contribution in [3.8, 4) is 0 Å². The maximum absolute atomic E-state index is 10.2. The van der Waals surface area contributed by atoms with Crippen LogP contribution in [0.3, 0.4) is 0 Å². The van der Waals surface area contributed by atoms with Crippen LogP contribution in [0.25, 0.3) is 0 Å². The Morgan fingerprint density at radius 2 is 1.18 bits per heavy atom. The van der Waals surface area contributed by atoms with E-state index in [2.05, 4.69) is 33.3 Å². The lowest BCUT2D eigenvalue weighted by Gasteiger charge is -2.07. The van der Waals surface area contributed by atoms with Crippen molar-refractivity contribution in [3.05, 3.63) is 23.8 Å². The van der Waals surface area contributed by atoms with Gasteiger partial charge in [0.25, 0.3) is 0 Å². The molecule has 1 rings (SSSR count). The second-order valence-electron chi connectivity index (χ2n) is 1.83. The van der Waals surface area contributed by atoms with E-state index in [1.54, 1.807) is 0 Å². The number of nitrogens with two attached hydrogens (primary N) is 2. The molecule has 1 aromatic heterocycles. The molecule has 0 fully saturated rings. The third kappa shape index (κ3) is 6.82. The molecule has 0 aliphatic carbocycles. The minimum Gasteiger partial charge on any atom is -0.543 e. The van der Waals surface area contributed by atoms with Gasteiger partial charge in [0.05, 0.1) is 11.9 Å². The van der Waals surface area contributed by atoms with Crippen molar-refractivity contribution in [1.82, 2.24) is 9.97 Å². The van der Waals surface area contributed by atoms with Crippen LogP contribution in [0, 0.1) is 0 Å². The van der Waals surface area contributed by atoms with Crippen LogP contribution < -0.4 is 33.6 Å². The van der Waals surface area contributed by atoms with E-state index in [4.69, 9.17) is 0 Å². The average molecular weight is 250 g/mol. The molecule has 0 radical (unpaired) electrons. The van der Waals surface area contributed by atoms with E-state index >= 15 is 0 Å². The van der Waals surface area contributed by atoms with Crippen molar-refractivity contribution in [2.45, 2.75) is 0 Å². The van der Waals surface area contributed by atoms with E-state index in [1.807, 2.05) is 0 Å². The molecular formula is C6H14N6O5. The van der Waals surface area contributed by atoms with Crippen molar-refractivity contribution in [2.24, 2.45) is 11.7 Å². The number of carbonyl (C=O) groups excluding carboxylic acids is 2. The molecule has 0 bridgehead atoms. The van der Waals surface area contributed by atoms with Gasteiger partial charge in [-0.05, 0) is 0 Å². The average Bonchev–Trinajstić information content (AvgIpc) is 2.34. The van der Waals surface area contributed by atoms with Gasteiger partial charge in [0.1, 0.15) is 11.4 Å². The molecule has 11 nitrogen and oxygen atoms in total. The van der Waals surface area contributed by atoms with Gasteiger partial charge in [0.2, 0.25) is 0 Å². The Hall–Kier alpha value is -2.18. The van der Waals surface area contributed by atoms with Gasteiger partial charge in [0.15, 0.2) is 0 Å². The van der Waals surface area contributed by atoms with E-state index in [-0.39, 0.29) is 5.48 Å². The molecule has 0 atom stereocenters. The Bertz CT molecular complexity index is 312. The summed E-state index contributed by atoms with van der Waals surface area (Å²) in [5.41, 5.74) is -1.45. The summed E-state index contributed by atoms with van der Waals surface area (Å²) < 4.78 is 0. The molecule has 0 saturated carbocycles. The predicted molar refractivity (Wildman–Crippen MR) is 48.5 cm³/mol. The fraction of sp³-hybridized carbons (Fsp3) is 0. The number of rotatable bonds is 2. The number of aromatic nitrogens is 2. The lowest BCUT2D eigenvalue weighted by atomic mass is 10.3. The van der Waals surface area contributed by atoms with Gasteiger partial charge in [-0.25, -0.2) is 0 Å². The van der Waals surface area contributed by atoms with Crippen LogP contribution in [0.2, 0.25) is 0 Å². The smallest absolute Gasteiger partial charge is 0.113 e. The number of hydrogen-bond donors (Lipinski definition) is 4. The normalized spacial score (nSPS) is 7.29. The molecule has 0 aromatic carbocycles. The highest BCUT2D eigenvalue weighted by Gasteiger charge is 2.05. The first kappa shape index (κ1) is 20.3. The van der Waals surface area contributed by atoms with Gasteiger partial charge >= 0.3 is 0 Å². The maximum Gasteiger partial charge on any atom is 0.113 e. The molecule has 0 amide bonds. The minimum absolute atomic E-state index is 0. The highest BCUT2D eigenvalue weighted by atomic mass is 16.4. The van der Waals surface area contributed by atoms with Gasteiger partial charge in [-0.1, -0.05) is 0 Å². The number of hydrogen-bond acceptors (Lipinski definition) is 8. The predicted octanol–water partition coefficient (Wildman–Crippen LogP) is -7.42. The van der Waals surface area contributed by atoms with Crippen molar-refractivity contribution in [3.63, 3.8) is 0 Å². The van der Waals surface area contributed by atoms with E-state index in [9.17, 15) is 19.8 Å². The molecule has 1 heterocycles. The summed E-state index contributed by atoms with van der Waals surface area (Å²) in [6.45, 7) is 0. The number of aromatic carboxylic acids is 2. The van der Waals surface area contributed by atoms with Crippen molar-refractivity contribution in [1.29, 1.82) is 0 Å². The second-order valence-corrected chi connectivity index (χ2v) is 1.83. The summed E-state index contributed by atoms with van der Waals surface area (Å²) in [5.74, 6) is 10.6. The molecule has 17 heavy (non-hydrogen) atoms. The SMILES string of the molecule is N[NH3+].N[NH3+].O.O=C([O-])c1nccnc1C(=O)[O-]. The van der Waals surface area contributed by atoms with Gasteiger partial charge in [0, 0.05) is 12.4 Å². The first-order valence-corrected chi connectivity index (χ1v) is 3.68. The molecule has 0 spiro atoms. The zero-order chi connectivity index (χ0) is 13.1. The second kappa shape index (κ2) is 11.9. The minimum atomic E-state index is -1.69. The molecule has 0 saturated heterocycles. The van der Waals surface area contributed by atoms with Crippen molar-refractivity contribution in [2.75, 3.05) is 0 Å². The van der Waals surface area contributed by atoms with Crippen LogP contribution in [0.15, 0.2) is 12.4 Å². The van der Waals surface area contributed by atoms with E-state index < -0.39 is 23.3 Å². The summed E-state index contributed by atoms with van der Waals surface area (Å²) in [7, 11) is 0. The Morgan fingerprint density at radius 3 is 1.35 bits per heavy atom. The van der Waals surface area contributed by atoms with Gasteiger partial charge in [-0.15, -0.1) is 0 Å². The van der Waals surface area contributed by atoms with Crippen LogP contribution in [0.5, 0.6) is 0 Å². The van der Waals surface area contributed by atoms with Crippen molar-refractivity contribution < 1.29 is 37.0 Å². The largest absolute Gasteiger partial charge is 0.543 e. The van der Waals surface area contributed by atoms with Crippen LogP contribution in [0.4, 0.5) is 0 Å². The number of quaternary nitrogens is 2. The van der Waals surface area contributed by atoms with Gasteiger partial charge in [-0.3, -0.25) is 21.7 Å². The number of carboxylic acid groups (broad SMARTS) is 2. The van der Waals surface area contributed by atoms with E-state index in [0.717, 1.165) is 12.4 Å². The topological polar surface area (TPSA) is 245 Å². The van der Waals surface area contributed by atoms with Crippen LogP contribution in [-0.4, -0.2) is 27.4 Å². The highest BCUT2D eigenvalue weighted by Crippen LogP contribution is 1.97. The number of nitrogens with zero attached hydrogens (tertiary/aromatic N) is 2. The summed E-state index contributed by atoms with van der Waals surface area (Å²) in [6, 6.07) is 0. The third-order valence-electron chi connectivity index (χ3n) is 1.08. The molecule has 11 heteroatoms. The zero-order valence-corrected chi connectivity index (χ0v) is 8.75. The first-order valence-electron chi connectivity index (χ1n) is 3.68. The Balaban J connectivity index is -0.000000355. The summed E-state index contributed by atoms with van der Waals surface area (Å²) in [6.07, 6.45) is 2.11.